The normalized spacial score (nSPS) is 12.4. The molecule has 0 saturated heterocycles. The van der Waals surface area contributed by atoms with Crippen LogP contribution in [0, 0.1) is 5.41 Å². The average Bonchev–Trinajstić information content (AvgIpc) is 3.14. The Labute approximate surface area is 227 Å². The molecule has 1 amide bonds. The Morgan fingerprint density at radius 3 is 2.38 bits per heavy atom. The van der Waals surface area contributed by atoms with Crippen LogP contribution in [-0.4, -0.2) is 62.3 Å². The Balaban J connectivity index is 0.00000481. The second-order valence-electron chi connectivity index (χ2n) is 9.47. The number of halogens is 1. The van der Waals surface area contributed by atoms with E-state index in [1.165, 1.54) is 7.11 Å². The largest absolute Gasteiger partial charge is 0.493 e. The summed E-state index contributed by atoms with van der Waals surface area (Å²) in [6, 6.07) is 8.54. The topological polar surface area (TPSA) is 118 Å². The third-order valence-corrected chi connectivity index (χ3v) is 5.93. The van der Waals surface area contributed by atoms with Crippen LogP contribution < -0.4 is 14.8 Å². The fourth-order valence-corrected chi connectivity index (χ4v) is 4.03. The van der Waals surface area contributed by atoms with Crippen LogP contribution in [0.1, 0.15) is 65.1 Å². The second kappa shape index (κ2) is 12.2. The Bertz CT molecular complexity index is 1210. The number of ketones is 1. The molecule has 0 aliphatic carbocycles. The van der Waals surface area contributed by atoms with E-state index in [1.54, 1.807) is 42.3 Å². The predicted octanol–water partition coefficient (Wildman–Crippen LogP) is 3.90. The highest BCUT2D eigenvalue weighted by atomic mass is 79.9. The van der Waals surface area contributed by atoms with Crippen LogP contribution in [0.3, 0.4) is 0 Å². The van der Waals surface area contributed by atoms with Crippen molar-refractivity contribution in [3.05, 3.63) is 58.1 Å². The molecule has 0 aromatic heterocycles. The lowest BCUT2D eigenvalue weighted by molar-refractivity contribution is -0.142. The van der Waals surface area contributed by atoms with Crippen molar-refractivity contribution in [2.24, 2.45) is 0 Å². The first-order valence-electron chi connectivity index (χ1n) is 11.7. The number of hydrogen-bond donors (Lipinski definition) is 2. The van der Waals surface area contributed by atoms with Gasteiger partial charge in [-0.25, -0.2) is 4.79 Å². The number of fused-ring (bicyclic) bond motifs is 1. The molecule has 1 heterocycles. The standard InChI is InChI=1S/C27H33N3O6.BrH/c1-7-35-23-11-17-13-30(25(28)18(17)12-19(23)26(33)29-5)14-21(31)16-8-9-22(36-15-24(32)34-6)20(10-16)27(2,3)4;/h8-12,28H,7,13-15H2,1-6H3,(H,29,33);1H. The number of amidine groups is 1. The molecule has 200 valence electrons. The molecular formula is C27H34BrN3O6. The molecule has 3 rings (SSSR count). The number of esters is 1. The molecule has 0 unspecified atom stereocenters. The van der Waals surface area contributed by atoms with Crippen LogP contribution in [0.25, 0.3) is 0 Å². The third-order valence-electron chi connectivity index (χ3n) is 5.93. The molecule has 0 radical (unpaired) electrons. The Hall–Kier alpha value is -3.40. The number of methoxy groups -OCH3 is 1. The van der Waals surface area contributed by atoms with Crippen LogP contribution in [0.15, 0.2) is 30.3 Å². The van der Waals surface area contributed by atoms with Gasteiger partial charge in [-0.2, -0.15) is 0 Å². The van der Waals surface area contributed by atoms with Crippen LogP contribution in [0.2, 0.25) is 0 Å². The maximum atomic E-state index is 13.2. The van der Waals surface area contributed by atoms with E-state index < -0.39 is 5.97 Å². The summed E-state index contributed by atoms with van der Waals surface area (Å²) in [5.41, 5.74) is 2.71. The highest BCUT2D eigenvalue weighted by molar-refractivity contribution is 8.93. The zero-order valence-corrected chi connectivity index (χ0v) is 23.7. The molecule has 0 saturated carbocycles. The van der Waals surface area contributed by atoms with Crippen molar-refractivity contribution in [1.82, 2.24) is 10.2 Å². The number of carbonyl (C=O) groups is 3. The smallest absolute Gasteiger partial charge is 0.343 e. The summed E-state index contributed by atoms with van der Waals surface area (Å²) in [4.78, 5) is 38.8. The van der Waals surface area contributed by atoms with Crippen molar-refractivity contribution < 1.29 is 28.6 Å². The van der Waals surface area contributed by atoms with E-state index >= 15 is 0 Å². The fraction of sp³-hybridized carbons (Fsp3) is 0.407. The van der Waals surface area contributed by atoms with Gasteiger partial charge in [-0.1, -0.05) is 20.8 Å². The molecule has 1 aliphatic rings. The molecule has 0 bridgehead atoms. The molecule has 2 aromatic rings. The van der Waals surface area contributed by atoms with Crippen molar-refractivity contribution in [1.29, 1.82) is 5.41 Å². The zero-order chi connectivity index (χ0) is 26.6. The number of rotatable bonds is 9. The van der Waals surface area contributed by atoms with E-state index in [2.05, 4.69) is 10.1 Å². The van der Waals surface area contributed by atoms with Gasteiger partial charge >= 0.3 is 5.97 Å². The van der Waals surface area contributed by atoms with Gasteiger partial charge in [0.25, 0.3) is 5.91 Å². The highest BCUT2D eigenvalue weighted by Gasteiger charge is 2.30. The van der Waals surface area contributed by atoms with E-state index in [-0.39, 0.29) is 53.1 Å². The number of benzene rings is 2. The summed E-state index contributed by atoms with van der Waals surface area (Å²) < 4.78 is 15.9. The minimum atomic E-state index is -0.491. The maximum Gasteiger partial charge on any atom is 0.343 e. The summed E-state index contributed by atoms with van der Waals surface area (Å²) in [6.45, 7) is 8.36. The van der Waals surface area contributed by atoms with Gasteiger partial charge in [-0.15, -0.1) is 17.0 Å². The molecule has 1 aliphatic heterocycles. The fourth-order valence-electron chi connectivity index (χ4n) is 4.03. The van der Waals surface area contributed by atoms with Gasteiger partial charge < -0.3 is 24.4 Å². The number of nitrogens with one attached hydrogen (secondary N) is 2. The van der Waals surface area contributed by atoms with Gasteiger partial charge in [-0.3, -0.25) is 15.0 Å². The number of ether oxygens (including phenoxy) is 3. The van der Waals surface area contributed by atoms with Crippen LogP contribution >= 0.6 is 17.0 Å². The van der Waals surface area contributed by atoms with Gasteiger partial charge in [-0.05, 0) is 48.2 Å². The molecule has 0 fully saturated rings. The summed E-state index contributed by atoms with van der Waals surface area (Å²) in [5, 5.41) is 11.2. The summed E-state index contributed by atoms with van der Waals surface area (Å²) in [7, 11) is 2.84. The van der Waals surface area contributed by atoms with Gasteiger partial charge in [0, 0.05) is 30.3 Å². The van der Waals surface area contributed by atoms with Gasteiger partial charge in [0.1, 0.15) is 17.3 Å². The molecule has 10 heteroatoms. The average molecular weight is 576 g/mol. The van der Waals surface area contributed by atoms with E-state index in [1.807, 2.05) is 27.7 Å². The molecule has 2 aromatic carbocycles. The number of Topliss-reactive ketones (excluding diaryl/α,β-unsaturated/α-hetero) is 1. The highest BCUT2D eigenvalue weighted by Crippen LogP contribution is 2.34. The molecule has 9 nitrogen and oxygen atoms in total. The molecule has 0 spiro atoms. The first-order valence-corrected chi connectivity index (χ1v) is 11.7. The van der Waals surface area contributed by atoms with Gasteiger partial charge in [0.05, 0.1) is 25.8 Å². The molecule has 37 heavy (non-hydrogen) atoms. The summed E-state index contributed by atoms with van der Waals surface area (Å²) in [6.07, 6.45) is 0. The Morgan fingerprint density at radius 2 is 1.78 bits per heavy atom. The third kappa shape index (κ3) is 6.68. The number of amides is 1. The van der Waals surface area contributed by atoms with Crippen molar-refractivity contribution in [2.75, 3.05) is 33.9 Å². The number of nitrogens with zero attached hydrogens (tertiary/aromatic N) is 1. The summed E-state index contributed by atoms with van der Waals surface area (Å²) in [5.74, 6) is 0.196. The van der Waals surface area contributed by atoms with E-state index in [0.717, 1.165) is 11.1 Å². The van der Waals surface area contributed by atoms with Crippen molar-refractivity contribution in [3.8, 4) is 11.5 Å². The van der Waals surface area contributed by atoms with Crippen molar-refractivity contribution in [2.45, 2.75) is 39.7 Å². The Morgan fingerprint density at radius 1 is 1.08 bits per heavy atom. The van der Waals surface area contributed by atoms with Crippen molar-refractivity contribution in [3.63, 3.8) is 0 Å². The molecule has 2 N–H and O–H groups in total. The SMILES string of the molecule is Br.CCOc1cc2c(cc1C(=O)NC)C(=N)N(CC(=O)c1ccc(OCC(=O)OC)c(C(C)(C)C)c1)C2. The summed E-state index contributed by atoms with van der Waals surface area (Å²) >= 11 is 0. The molecule has 0 atom stereocenters. The van der Waals surface area contributed by atoms with Crippen LogP contribution in [0.5, 0.6) is 11.5 Å². The minimum Gasteiger partial charge on any atom is -0.493 e. The van der Waals surface area contributed by atoms with E-state index in [0.29, 0.717) is 41.3 Å². The van der Waals surface area contributed by atoms with Gasteiger partial charge in [0.15, 0.2) is 12.4 Å². The first-order chi connectivity index (χ1) is 17.0. The lowest BCUT2D eigenvalue weighted by atomic mass is 9.85. The zero-order valence-electron chi connectivity index (χ0n) is 22.0. The Kier molecular flexibility index (Phi) is 9.86. The monoisotopic (exact) mass is 575 g/mol. The predicted molar refractivity (Wildman–Crippen MR) is 146 cm³/mol. The lowest BCUT2D eigenvalue weighted by Crippen LogP contribution is -2.30. The number of hydrogen-bond acceptors (Lipinski definition) is 7. The van der Waals surface area contributed by atoms with Gasteiger partial charge in [0.2, 0.25) is 0 Å². The van der Waals surface area contributed by atoms with E-state index in [9.17, 15) is 14.4 Å². The lowest BCUT2D eigenvalue weighted by Gasteiger charge is -2.24. The maximum absolute atomic E-state index is 13.2. The second-order valence-corrected chi connectivity index (χ2v) is 9.47. The molecular weight excluding hydrogens is 542 g/mol. The van der Waals surface area contributed by atoms with Crippen LogP contribution in [-0.2, 0) is 21.5 Å². The minimum absolute atomic E-state index is 0. The van der Waals surface area contributed by atoms with E-state index in [4.69, 9.17) is 14.9 Å². The first kappa shape index (κ1) is 29.8. The van der Waals surface area contributed by atoms with Crippen molar-refractivity contribution >= 4 is 40.5 Å². The quantitative estimate of drug-likeness (QED) is 0.344. The van der Waals surface area contributed by atoms with Crippen LogP contribution in [0.4, 0.5) is 0 Å². The number of carbonyl (C=O) groups excluding carboxylic acids is 3.